The molecule has 7 heteroatoms. The molecular weight excluding hydrogens is 306 g/mol. The van der Waals surface area contributed by atoms with Crippen molar-refractivity contribution in [3.05, 3.63) is 53.3 Å². The number of aromatic nitrogens is 2. The van der Waals surface area contributed by atoms with Gasteiger partial charge in [0, 0.05) is 30.4 Å². The van der Waals surface area contributed by atoms with Crippen LogP contribution in [0.1, 0.15) is 24.4 Å². The lowest BCUT2D eigenvalue weighted by molar-refractivity contribution is -0.137. The van der Waals surface area contributed by atoms with E-state index >= 15 is 0 Å². The van der Waals surface area contributed by atoms with E-state index in [4.69, 9.17) is 16.7 Å². The molecule has 2 N–H and O–H groups in total. The molecular formula is C15H16ClN3O3. The minimum Gasteiger partial charge on any atom is -0.481 e. The Morgan fingerprint density at radius 2 is 2.09 bits per heavy atom. The van der Waals surface area contributed by atoms with E-state index in [2.05, 4.69) is 10.4 Å². The number of nitrogens with one attached hydrogen (secondary N) is 1. The van der Waals surface area contributed by atoms with Crippen LogP contribution >= 0.6 is 11.6 Å². The summed E-state index contributed by atoms with van der Waals surface area (Å²) in [4.78, 5) is 23.0. The Hall–Kier alpha value is -2.34. The van der Waals surface area contributed by atoms with Crippen molar-refractivity contribution in [2.45, 2.75) is 25.4 Å². The van der Waals surface area contributed by atoms with Gasteiger partial charge < -0.3 is 10.4 Å². The molecule has 0 fully saturated rings. The van der Waals surface area contributed by atoms with Crippen LogP contribution in [0.3, 0.4) is 0 Å². The lowest BCUT2D eigenvalue weighted by Crippen LogP contribution is -2.31. The van der Waals surface area contributed by atoms with E-state index in [0.717, 1.165) is 0 Å². The molecule has 0 saturated heterocycles. The summed E-state index contributed by atoms with van der Waals surface area (Å²) in [6.07, 6.45) is 3.38. The van der Waals surface area contributed by atoms with Gasteiger partial charge in [0.25, 0.3) is 0 Å². The third kappa shape index (κ3) is 4.60. The van der Waals surface area contributed by atoms with Gasteiger partial charge in [0.05, 0.1) is 12.5 Å². The van der Waals surface area contributed by atoms with Gasteiger partial charge in [0.1, 0.15) is 0 Å². The van der Waals surface area contributed by atoms with Gasteiger partial charge in [-0.15, -0.1) is 0 Å². The Kier molecular flexibility index (Phi) is 5.55. The van der Waals surface area contributed by atoms with Gasteiger partial charge >= 0.3 is 5.97 Å². The molecule has 0 aliphatic carbocycles. The van der Waals surface area contributed by atoms with Crippen molar-refractivity contribution in [2.75, 3.05) is 0 Å². The first-order chi connectivity index (χ1) is 10.6. The lowest BCUT2D eigenvalue weighted by atomic mass is 10.0. The third-order valence-corrected chi connectivity index (χ3v) is 3.47. The van der Waals surface area contributed by atoms with E-state index in [1.807, 2.05) is 0 Å². The average molecular weight is 322 g/mol. The molecule has 0 bridgehead atoms. The summed E-state index contributed by atoms with van der Waals surface area (Å²) in [5.41, 5.74) is 0.596. The molecule has 1 amide bonds. The lowest BCUT2D eigenvalue weighted by Gasteiger charge is -2.18. The van der Waals surface area contributed by atoms with Crippen molar-refractivity contribution in [1.82, 2.24) is 15.1 Å². The number of halogens is 1. The van der Waals surface area contributed by atoms with E-state index in [1.165, 1.54) is 0 Å². The highest BCUT2D eigenvalue weighted by Crippen LogP contribution is 2.25. The van der Waals surface area contributed by atoms with Gasteiger partial charge in [-0.2, -0.15) is 5.10 Å². The molecule has 1 aromatic carbocycles. The molecule has 0 unspecified atom stereocenters. The number of carboxylic acid groups (broad SMARTS) is 1. The van der Waals surface area contributed by atoms with Crippen molar-refractivity contribution >= 4 is 23.5 Å². The number of aliphatic carboxylic acids is 1. The summed E-state index contributed by atoms with van der Waals surface area (Å²) in [6.45, 7) is 0.432. The molecule has 0 aliphatic rings. The van der Waals surface area contributed by atoms with Crippen LogP contribution in [-0.4, -0.2) is 26.8 Å². The Labute approximate surface area is 132 Å². The summed E-state index contributed by atoms with van der Waals surface area (Å²) < 4.78 is 1.64. The number of carbonyl (C=O) groups is 2. The molecule has 0 spiro atoms. The van der Waals surface area contributed by atoms with E-state index in [0.29, 0.717) is 17.1 Å². The average Bonchev–Trinajstić information content (AvgIpc) is 2.98. The van der Waals surface area contributed by atoms with Crippen LogP contribution in [0.2, 0.25) is 5.02 Å². The molecule has 116 valence electrons. The minimum atomic E-state index is -1.00. The smallest absolute Gasteiger partial charge is 0.305 e. The Bertz CT molecular complexity index is 643. The fourth-order valence-corrected chi connectivity index (χ4v) is 2.35. The molecule has 1 atom stereocenters. The largest absolute Gasteiger partial charge is 0.481 e. The maximum atomic E-state index is 12.0. The maximum Gasteiger partial charge on any atom is 0.305 e. The van der Waals surface area contributed by atoms with Crippen molar-refractivity contribution in [1.29, 1.82) is 0 Å². The first-order valence-electron chi connectivity index (χ1n) is 6.79. The van der Waals surface area contributed by atoms with Crippen LogP contribution in [0.25, 0.3) is 0 Å². The van der Waals surface area contributed by atoms with E-state index in [-0.39, 0.29) is 18.7 Å². The number of benzene rings is 1. The van der Waals surface area contributed by atoms with Crippen LogP contribution in [0.5, 0.6) is 0 Å². The first kappa shape index (κ1) is 16.0. The molecule has 0 aliphatic heterocycles. The molecule has 0 saturated carbocycles. The number of nitrogens with zero attached hydrogens (tertiary/aromatic N) is 2. The number of carboxylic acids is 1. The summed E-state index contributed by atoms with van der Waals surface area (Å²) in [7, 11) is 0. The minimum absolute atomic E-state index is 0.211. The number of amides is 1. The second kappa shape index (κ2) is 7.61. The highest BCUT2D eigenvalue weighted by molar-refractivity contribution is 6.31. The number of carbonyl (C=O) groups excluding carboxylic acids is 1. The van der Waals surface area contributed by atoms with Gasteiger partial charge in [0.15, 0.2) is 0 Å². The maximum absolute atomic E-state index is 12.0. The van der Waals surface area contributed by atoms with Crippen LogP contribution in [-0.2, 0) is 16.1 Å². The zero-order chi connectivity index (χ0) is 15.9. The molecule has 22 heavy (non-hydrogen) atoms. The summed E-state index contributed by atoms with van der Waals surface area (Å²) >= 11 is 6.09. The molecule has 0 radical (unpaired) electrons. The number of hydrogen-bond donors (Lipinski definition) is 2. The molecule has 1 aromatic heterocycles. The Balaban J connectivity index is 2.01. The molecule has 2 aromatic rings. The number of hydrogen-bond acceptors (Lipinski definition) is 3. The Morgan fingerprint density at radius 3 is 2.73 bits per heavy atom. The van der Waals surface area contributed by atoms with E-state index < -0.39 is 12.0 Å². The zero-order valence-electron chi connectivity index (χ0n) is 11.8. The van der Waals surface area contributed by atoms with Gasteiger partial charge in [0.2, 0.25) is 5.91 Å². The molecule has 2 rings (SSSR count). The van der Waals surface area contributed by atoms with Crippen molar-refractivity contribution < 1.29 is 14.7 Å². The van der Waals surface area contributed by atoms with Crippen LogP contribution in [0.15, 0.2) is 42.7 Å². The highest BCUT2D eigenvalue weighted by atomic mass is 35.5. The van der Waals surface area contributed by atoms with Crippen LogP contribution in [0.4, 0.5) is 0 Å². The highest BCUT2D eigenvalue weighted by Gasteiger charge is 2.20. The topological polar surface area (TPSA) is 84.2 Å². The summed E-state index contributed by atoms with van der Waals surface area (Å²) in [5, 5.41) is 16.2. The quantitative estimate of drug-likeness (QED) is 0.819. The van der Waals surface area contributed by atoms with Crippen molar-refractivity contribution in [3.63, 3.8) is 0 Å². The van der Waals surface area contributed by atoms with Crippen molar-refractivity contribution in [3.8, 4) is 0 Å². The van der Waals surface area contributed by atoms with Crippen LogP contribution in [0, 0.1) is 0 Å². The predicted octanol–water partition coefficient (Wildman–Crippen LogP) is 2.26. The number of rotatable bonds is 7. The van der Waals surface area contributed by atoms with Crippen molar-refractivity contribution in [2.24, 2.45) is 0 Å². The monoisotopic (exact) mass is 321 g/mol. The van der Waals surface area contributed by atoms with Gasteiger partial charge in [-0.25, -0.2) is 0 Å². The van der Waals surface area contributed by atoms with E-state index in [9.17, 15) is 9.59 Å². The standard InChI is InChI=1S/C15H16ClN3O3/c16-12-5-2-1-4-11(12)13(10-15(21)22)18-14(20)6-9-19-8-3-7-17-19/h1-5,7-8,13H,6,9-10H2,(H,18,20)(H,21,22)/t13-/m1/s1. The fourth-order valence-electron chi connectivity index (χ4n) is 2.09. The molecule has 6 nitrogen and oxygen atoms in total. The number of aryl methyl sites for hydroxylation is 1. The van der Waals surface area contributed by atoms with Crippen LogP contribution < -0.4 is 5.32 Å². The SMILES string of the molecule is O=C(O)C[C@@H](NC(=O)CCn1cccn1)c1ccccc1Cl. The van der Waals surface area contributed by atoms with Gasteiger partial charge in [-0.3, -0.25) is 14.3 Å². The third-order valence-electron chi connectivity index (χ3n) is 3.12. The molecule has 1 heterocycles. The normalized spacial score (nSPS) is 11.9. The fraction of sp³-hybridized carbons (Fsp3) is 0.267. The van der Waals surface area contributed by atoms with E-state index in [1.54, 1.807) is 47.4 Å². The zero-order valence-corrected chi connectivity index (χ0v) is 12.5. The Morgan fingerprint density at radius 1 is 1.32 bits per heavy atom. The first-order valence-corrected chi connectivity index (χ1v) is 7.17. The van der Waals surface area contributed by atoms with Gasteiger partial charge in [-0.1, -0.05) is 29.8 Å². The summed E-state index contributed by atoms with van der Waals surface area (Å²) in [5.74, 6) is -1.25. The summed E-state index contributed by atoms with van der Waals surface area (Å²) in [6, 6.07) is 8.01. The second-order valence-corrected chi connectivity index (χ2v) is 5.17. The van der Waals surface area contributed by atoms with Gasteiger partial charge in [-0.05, 0) is 17.7 Å². The predicted molar refractivity (Wildman–Crippen MR) is 81.4 cm³/mol. The second-order valence-electron chi connectivity index (χ2n) is 4.76.